The van der Waals surface area contributed by atoms with Gasteiger partial charge in [0, 0.05) is 30.4 Å². The van der Waals surface area contributed by atoms with Gasteiger partial charge in [-0.05, 0) is 31.9 Å². The Morgan fingerprint density at radius 3 is 3.19 bits per heavy atom. The van der Waals surface area contributed by atoms with Crippen LogP contribution in [-0.4, -0.2) is 49.4 Å². The number of ether oxygens (including phenoxy) is 1. The lowest BCUT2D eigenvalue weighted by molar-refractivity contribution is 0.0708. The lowest BCUT2D eigenvalue weighted by Crippen LogP contribution is -2.47. The van der Waals surface area contributed by atoms with Crippen molar-refractivity contribution in [1.82, 2.24) is 10.6 Å². The van der Waals surface area contributed by atoms with Crippen LogP contribution in [0.1, 0.15) is 26.2 Å². The summed E-state index contributed by atoms with van der Waals surface area (Å²) in [4.78, 5) is 0. The molecule has 0 aromatic heterocycles. The molecular weight excluding hydrogens is 220 g/mol. The van der Waals surface area contributed by atoms with Gasteiger partial charge in [-0.15, -0.1) is 0 Å². The van der Waals surface area contributed by atoms with Gasteiger partial charge in [-0.1, -0.05) is 0 Å². The van der Waals surface area contributed by atoms with Crippen LogP contribution in [0.2, 0.25) is 0 Å². The third kappa shape index (κ3) is 4.24. The van der Waals surface area contributed by atoms with Crippen LogP contribution in [0.4, 0.5) is 0 Å². The van der Waals surface area contributed by atoms with Crippen molar-refractivity contribution >= 4 is 11.8 Å². The Morgan fingerprint density at radius 1 is 1.56 bits per heavy atom. The van der Waals surface area contributed by atoms with Crippen molar-refractivity contribution in [3.8, 4) is 0 Å². The topological polar surface area (TPSA) is 33.3 Å². The number of nitrogens with one attached hydrogen (secondary N) is 2. The number of rotatable bonds is 4. The van der Waals surface area contributed by atoms with E-state index < -0.39 is 0 Å². The molecule has 94 valence electrons. The van der Waals surface area contributed by atoms with Crippen LogP contribution in [0.5, 0.6) is 0 Å². The Bertz CT molecular complexity index is 171. The van der Waals surface area contributed by atoms with Gasteiger partial charge in [0.05, 0.1) is 13.2 Å². The number of thioether (sulfide) groups is 1. The number of morpholine rings is 1. The van der Waals surface area contributed by atoms with Crippen LogP contribution >= 0.6 is 11.8 Å². The highest BCUT2D eigenvalue weighted by Gasteiger charge is 2.19. The maximum atomic E-state index is 5.48. The molecule has 2 heterocycles. The molecule has 2 N–H and O–H groups in total. The zero-order valence-electron chi connectivity index (χ0n) is 10.2. The molecule has 16 heavy (non-hydrogen) atoms. The highest BCUT2D eigenvalue weighted by molar-refractivity contribution is 7.99. The van der Waals surface area contributed by atoms with Gasteiger partial charge in [0.1, 0.15) is 0 Å². The van der Waals surface area contributed by atoms with Gasteiger partial charge in [-0.3, -0.25) is 0 Å². The molecule has 0 saturated carbocycles. The van der Waals surface area contributed by atoms with E-state index in [4.69, 9.17) is 4.74 Å². The lowest BCUT2D eigenvalue weighted by atomic mass is 10.1. The Balaban J connectivity index is 1.64. The molecule has 0 radical (unpaired) electrons. The fourth-order valence-electron chi connectivity index (χ4n) is 2.54. The zero-order chi connectivity index (χ0) is 11.2. The smallest absolute Gasteiger partial charge is 0.0620 e. The molecule has 2 saturated heterocycles. The van der Waals surface area contributed by atoms with Crippen molar-refractivity contribution in [1.29, 1.82) is 0 Å². The van der Waals surface area contributed by atoms with E-state index in [1.165, 1.54) is 30.8 Å². The molecule has 0 bridgehead atoms. The molecule has 3 atom stereocenters. The van der Waals surface area contributed by atoms with Gasteiger partial charge in [-0.2, -0.15) is 11.8 Å². The fraction of sp³-hybridized carbons (Fsp3) is 1.00. The van der Waals surface area contributed by atoms with E-state index >= 15 is 0 Å². The molecule has 0 aromatic rings. The van der Waals surface area contributed by atoms with Gasteiger partial charge >= 0.3 is 0 Å². The standard InChI is InChI=1S/C12H24N2OS/c1-10(7-12-8-15-5-4-13-12)14-11-3-2-6-16-9-11/h10-14H,2-9H2,1H3. The van der Waals surface area contributed by atoms with Crippen LogP contribution in [-0.2, 0) is 4.74 Å². The van der Waals surface area contributed by atoms with Crippen molar-refractivity contribution in [2.75, 3.05) is 31.3 Å². The van der Waals surface area contributed by atoms with Crippen molar-refractivity contribution in [2.45, 2.75) is 44.3 Å². The van der Waals surface area contributed by atoms with Crippen LogP contribution in [0.3, 0.4) is 0 Å². The lowest BCUT2D eigenvalue weighted by Gasteiger charge is -2.30. The molecule has 2 aliphatic rings. The molecule has 3 nitrogen and oxygen atoms in total. The Hall–Kier alpha value is 0.230. The van der Waals surface area contributed by atoms with E-state index in [1.807, 2.05) is 0 Å². The Labute approximate surface area is 103 Å². The summed E-state index contributed by atoms with van der Waals surface area (Å²) in [7, 11) is 0. The molecule has 0 aromatic carbocycles. The van der Waals surface area contributed by atoms with Crippen LogP contribution in [0.25, 0.3) is 0 Å². The van der Waals surface area contributed by atoms with Gasteiger partial charge in [0.2, 0.25) is 0 Å². The molecule has 3 unspecified atom stereocenters. The first-order valence-electron chi connectivity index (χ1n) is 6.49. The molecule has 0 spiro atoms. The molecular formula is C12H24N2OS. The second-order valence-electron chi connectivity index (χ2n) is 4.94. The summed E-state index contributed by atoms with van der Waals surface area (Å²) in [5, 5.41) is 7.27. The minimum Gasteiger partial charge on any atom is -0.379 e. The second kappa shape index (κ2) is 6.84. The molecule has 2 fully saturated rings. The van der Waals surface area contributed by atoms with Crippen molar-refractivity contribution in [2.24, 2.45) is 0 Å². The van der Waals surface area contributed by atoms with Crippen LogP contribution in [0, 0.1) is 0 Å². The van der Waals surface area contributed by atoms with E-state index in [9.17, 15) is 0 Å². The molecule has 2 rings (SSSR count). The summed E-state index contributed by atoms with van der Waals surface area (Å²) in [5.41, 5.74) is 0. The van der Waals surface area contributed by atoms with E-state index in [1.54, 1.807) is 0 Å². The third-order valence-electron chi connectivity index (χ3n) is 3.32. The highest BCUT2D eigenvalue weighted by atomic mass is 32.2. The predicted octanol–water partition coefficient (Wildman–Crippen LogP) is 1.24. The molecule has 0 amide bonds. The maximum absolute atomic E-state index is 5.48. The van der Waals surface area contributed by atoms with Gasteiger partial charge in [0.25, 0.3) is 0 Å². The maximum Gasteiger partial charge on any atom is 0.0620 e. The highest BCUT2D eigenvalue weighted by Crippen LogP contribution is 2.17. The van der Waals surface area contributed by atoms with E-state index in [-0.39, 0.29) is 0 Å². The van der Waals surface area contributed by atoms with E-state index in [2.05, 4.69) is 29.3 Å². The van der Waals surface area contributed by atoms with Crippen molar-refractivity contribution in [3.05, 3.63) is 0 Å². The quantitative estimate of drug-likeness (QED) is 0.779. The normalized spacial score (nSPS) is 33.6. The van der Waals surface area contributed by atoms with Gasteiger partial charge < -0.3 is 15.4 Å². The van der Waals surface area contributed by atoms with Crippen LogP contribution < -0.4 is 10.6 Å². The summed E-state index contributed by atoms with van der Waals surface area (Å²) >= 11 is 2.09. The van der Waals surface area contributed by atoms with Gasteiger partial charge in [0.15, 0.2) is 0 Å². The largest absolute Gasteiger partial charge is 0.379 e. The summed E-state index contributed by atoms with van der Waals surface area (Å²) < 4.78 is 5.48. The second-order valence-corrected chi connectivity index (χ2v) is 6.09. The minimum atomic E-state index is 0.549. The van der Waals surface area contributed by atoms with Crippen LogP contribution in [0.15, 0.2) is 0 Å². The van der Waals surface area contributed by atoms with Crippen molar-refractivity contribution in [3.63, 3.8) is 0 Å². The summed E-state index contributed by atoms with van der Waals surface area (Å²) in [6, 6.07) is 1.88. The Kier molecular flexibility index (Phi) is 5.42. The monoisotopic (exact) mass is 244 g/mol. The zero-order valence-corrected chi connectivity index (χ0v) is 11.0. The first kappa shape index (κ1) is 12.7. The predicted molar refractivity (Wildman–Crippen MR) is 70.2 cm³/mol. The third-order valence-corrected chi connectivity index (χ3v) is 4.53. The summed E-state index contributed by atoms with van der Waals surface area (Å²) in [5.74, 6) is 2.64. The van der Waals surface area contributed by atoms with Crippen molar-refractivity contribution < 1.29 is 4.74 Å². The Morgan fingerprint density at radius 2 is 2.50 bits per heavy atom. The molecule has 0 aliphatic carbocycles. The first-order valence-corrected chi connectivity index (χ1v) is 7.65. The average Bonchev–Trinajstić information content (AvgIpc) is 2.31. The molecule has 4 heteroatoms. The minimum absolute atomic E-state index is 0.549. The van der Waals surface area contributed by atoms with Gasteiger partial charge in [-0.25, -0.2) is 0 Å². The van der Waals surface area contributed by atoms with E-state index in [0.29, 0.717) is 12.1 Å². The first-order chi connectivity index (χ1) is 7.84. The SMILES string of the molecule is CC(CC1COCCN1)NC1CCCSC1. The average molecular weight is 244 g/mol. The van der Waals surface area contributed by atoms with E-state index in [0.717, 1.165) is 25.8 Å². The number of hydrogen-bond donors (Lipinski definition) is 2. The fourth-order valence-corrected chi connectivity index (χ4v) is 3.63. The number of hydrogen-bond acceptors (Lipinski definition) is 4. The molecule has 2 aliphatic heterocycles. The summed E-state index contributed by atoms with van der Waals surface area (Å²) in [6.07, 6.45) is 3.91. The summed E-state index contributed by atoms with van der Waals surface area (Å²) in [6.45, 7) is 5.06.